The first-order chi connectivity index (χ1) is 13.4. The Labute approximate surface area is 164 Å². The molecular weight excluding hydrogens is 393 g/mol. The van der Waals surface area contributed by atoms with Crippen molar-refractivity contribution in [2.45, 2.75) is 39.5 Å². The Kier molecular flexibility index (Phi) is 5.24. The number of rotatable bonds is 4. The van der Waals surface area contributed by atoms with Crippen LogP contribution in [0.4, 0.5) is 24.9 Å². The minimum atomic E-state index is -4.78. The van der Waals surface area contributed by atoms with Gasteiger partial charge in [0.2, 0.25) is 17.7 Å². The Hall–Kier alpha value is -3.11. The van der Waals surface area contributed by atoms with Crippen LogP contribution in [0, 0.1) is 5.41 Å². The third kappa shape index (κ3) is 5.04. The second kappa shape index (κ2) is 7.37. The maximum absolute atomic E-state index is 12.3. The van der Waals surface area contributed by atoms with Crippen molar-refractivity contribution in [2.75, 3.05) is 16.8 Å². The fourth-order valence-electron chi connectivity index (χ4n) is 2.68. The van der Waals surface area contributed by atoms with Crippen molar-refractivity contribution in [3.63, 3.8) is 0 Å². The van der Waals surface area contributed by atoms with Crippen LogP contribution in [0.2, 0.25) is 0 Å². The molecule has 2 heterocycles. The summed E-state index contributed by atoms with van der Waals surface area (Å²) in [6.07, 6.45) is -4.69. The molecule has 0 saturated carbocycles. The van der Waals surface area contributed by atoms with Gasteiger partial charge in [-0.3, -0.25) is 14.9 Å². The van der Waals surface area contributed by atoms with Crippen molar-refractivity contribution in [3.8, 4) is 5.75 Å². The number of ether oxygens (including phenoxy) is 1. The van der Waals surface area contributed by atoms with Gasteiger partial charge >= 0.3 is 12.4 Å². The number of alkyl halides is 3. The second-order valence-corrected chi connectivity index (χ2v) is 7.60. The number of nitrogens with zero attached hydrogens (tertiary/aromatic N) is 3. The van der Waals surface area contributed by atoms with Crippen molar-refractivity contribution < 1.29 is 31.9 Å². The van der Waals surface area contributed by atoms with Gasteiger partial charge in [-0.15, -0.1) is 18.3 Å². The molecule has 156 valence electrons. The van der Waals surface area contributed by atoms with E-state index in [9.17, 15) is 22.8 Å². The van der Waals surface area contributed by atoms with E-state index in [1.54, 1.807) is 20.8 Å². The Morgan fingerprint density at radius 2 is 1.86 bits per heavy atom. The van der Waals surface area contributed by atoms with Gasteiger partial charge in [-0.25, -0.2) is 0 Å². The smallest absolute Gasteiger partial charge is 0.407 e. The molecule has 3 rings (SSSR count). The topological polar surface area (TPSA) is 97.6 Å². The molecule has 11 heteroatoms. The molecule has 1 fully saturated rings. The molecular formula is C18H19F3N4O4. The molecule has 2 aromatic rings. The molecule has 29 heavy (non-hydrogen) atoms. The lowest BCUT2D eigenvalue weighted by molar-refractivity contribution is -0.274. The van der Waals surface area contributed by atoms with E-state index in [2.05, 4.69) is 20.3 Å². The summed E-state index contributed by atoms with van der Waals surface area (Å²) in [5.41, 5.74) is -0.218. The van der Waals surface area contributed by atoms with Crippen molar-refractivity contribution in [1.29, 1.82) is 0 Å². The van der Waals surface area contributed by atoms with Gasteiger partial charge in [0.25, 0.3) is 0 Å². The molecule has 1 aliphatic rings. The standard InChI is InChI=1S/C18H19F3N4O4/c1-17(2,3)15(27)22-16-24-23-14(28-16)10-8-13(26)25(9-10)11-4-6-12(7-5-11)29-18(19,20)21/h4-7,10H,8-9H2,1-3H3,(H,22,24,27)/t10-/m1/s1. The van der Waals surface area contributed by atoms with Gasteiger partial charge in [0.15, 0.2) is 0 Å². The van der Waals surface area contributed by atoms with Crippen molar-refractivity contribution in [3.05, 3.63) is 30.2 Å². The molecule has 1 aromatic heterocycles. The summed E-state index contributed by atoms with van der Waals surface area (Å²) in [4.78, 5) is 25.7. The Balaban J connectivity index is 1.67. The predicted molar refractivity (Wildman–Crippen MR) is 95.2 cm³/mol. The maximum Gasteiger partial charge on any atom is 0.573 e. The first-order valence-electron chi connectivity index (χ1n) is 8.73. The summed E-state index contributed by atoms with van der Waals surface area (Å²) in [5.74, 6) is -1.11. The summed E-state index contributed by atoms with van der Waals surface area (Å²) in [5, 5.41) is 10.2. The minimum absolute atomic E-state index is 0.0560. The number of carbonyl (C=O) groups is 2. The van der Waals surface area contributed by atoms with Crippen LogP contribution < -0.4 is 15.0 Å². The number of halogens is 3. The Bertz CT molecular complexity index is 903. The molecule has 1 aliphatic heterocycles. The molecule has 1 atom stereocenters. The number of carbonyl (C=O) groups excluding carboxylic acids is 2. The maximum atomic E-state index is 12.3. The molecule has 0 unspecified atom stereocenters. The molecule has 1 saturated heterocycles. The molecule has 1 N–H and O–H groups in total. The fraction of sp³-hybridized carbons (Fsp3) is 0.444. The third-order valence-electron chi connectivity index (χ3n) is 4.20. The van der Waals surface area contributed by atoms with Crippen LogP contribution in [0.1, 0.15) is 39.0 Å². The highest BCUT2D eigenvalue weighted by Crippen LogP contribution is 2.33. The molecule has 0 bridgehead atoms. The van der Waals surface area contributed by atoms with E-state index < -0.39 is 17.7 Å². The van der Waals surface area contributed by atoms with E-state index in [4.69, 9.17) is 4.42 Å². The van der Waals surface area contributed by atoms with Crippen molar-refractivity contribution in [1.82, 2.24) is 10.2 Å². The highest BCUT2D eigenvalue weighted by Gasteiger charge is 2.36. The number of aromatic nitrogens is 2. The lowest BCUT2D eigenvalue weighted by atomic mass is 9.96. The Morgan fingerprint density at radius 3 is 2.45 bits per heavy atom. The summed E-state index contributed by atoms with van der Waals surface area (Å²) >= 11 is 0. The van der Waals surface area contributed by atoms with E-state index in [1.165, 1.54) is 17.0 Å². The van der Waals surface area contributed by atoms with Crippen LogP contribution in [0.5, 0.6) is 5.75 Å². The van der Waals surface area contributed by atoms with E-state index in [0.717, 1.165) is 12.1 Å². The number of anilines is 2. The lowest BCUT2D eigenvalue weighted by Gasteiger charge is -2.17. The van der Waals surface area contributed by atoms with Crippen LogP contribution in [-0.2, 0) is 9.59 Å². The van der Waals surface area contributed by atoms with E-state index in [0.29, 0.717) is 5.69 Å². The number of hydrogen-bond donors (Lipinski definition) is 1. The first kappa shape index (κ1) is 20.6. The van der Waals surface area contributed by atoms with Crippen molar-refractivity contribution >= 4 is 23.5 Å². The third-order valence-corrected chi connectivity index (χ3v) is 4.20. The largest absolute Gasteiger partial charge is 0.573 e. The van der Waals surface area contributed by atoms with Gasteiger partial charge in [-0.1, -0.05) is 25.9 Å². The van der Waals surface area contributed by atoms with Crippen LogP contribution in [0.3, 0.4) is 0 Å². The van der Waals surface area contributed by atoms with Crippen LogP contribution in [0.15, 0.2) is 28.7 Å². The second-order valence-electron chi connectivity index (χ2n) is 7.60. The van der Waals surface area contributed by atoms with Crippen LogP contribution in [0.25, 0.3) is 0 Å². The van der Waals surface area contributed by atoms with Gasteiger partial charge in [0, 0.05) is 24.1 Å². The van der Waals surface area contributed by atoms with Gasteiger partial charge in [-0.05, 0) is 24.3 Å². The molecule has 2 amide bonds. The van der Waals surface area contributed by atoms with Gasteiger partial charge in [0.1, 0.15) is 5.75 Å². The quantitative estimate of drug-likeness (QED) is 0.826. The zero-order chi connectivity index (χ0) is 21.4. The molecule has 0 spiro atoms. The SMILES string of the molecule is CC(C)(C)C(=O)Nc1nnc([C@@H]2CC(=O)N(c3ccc(OC(F)(F)F)cc3)C2)o1. The van der Waals surface area contributed by atoms with Crippen LogP contribution >= 0.6 is 0 Å². The van der Waals surface area contributed by atoms with Gasteiger partial charge < -0.3 is 14.1 Å². The van der Waals surface area contributed by atoms with Gasteiger partial charge in [0.05, 0.1) is 5.92 Å². The molecule has 8 nitrogen and oxygen atoms in total. The summed E-state index contributed by atoms with van der Waals surface area (Å²) in [6.45, 7) is 5.42. The summed E-state index contributed by atoms with van der Waals surface area (Å²) in [6, 6.07) is 4.94. The van der Waals surface area contributed by atoms with E-state index >= 15 is 0 Å². The molecule has 1 aromatic carbocycles. The fourth-order valence-corrected chi connectivity index (χ4v) is 2.68. The van der Waals surface area contributed by atoms with E-state index in [1.807, 2.05) is 0 Å². The number of benzene rings is 1. The number of amides is 2. The lowest BCUT2D eigenvalue weighted by Crippen LogP contribution is -2.27. The first-order valence-corrected chi connectivity index (χ1v) is 8.73. The predicted octanol–water partition coefficient (Wildman–Crippen LogP) is 3.47. The van der Waals surface area contributed by atoms with Crippen LogP contribution in [-0.4, -0.2) is 34.9 Å². The van der Waals surface area contributed by atoms with Gasteiger partial charge in [-0.2, -0.15) is 0 Å². The molecule has 0 aliphatic carbocycles. The monoisotopic (exact) mass is 412 g/mol. The Morgan fingerprint density at radius 1 is 1.21 bits per heavy atom. The molecule has 0 radical (unpaired) electrons. The minimum Gasteiger partial charge on any atom is -0.407 e. The van der Waals surface area contributed by atoms with Crippen molar-refractivity contribution in [2.24, 2.45) is 5.41 Å². The summed E-state index contributed by atoms with van der Waals surface area (Å²) in [7, 11) is 0. The average molecular weight is 412 g/mol. The number of hydrogen-bond acceptors (Lipinski definition) is 6. The zero-order valence-electron chi connectivity index (χ0n) is 15.9. The normalized spacial score (nSPS) is 17.5. The average Bonchev–Trinajstić information content (AvgIpc) is 3.20. The van der Waals surface area contributed by atoms with E-state index in [-0.39, 0.29) is 42.4 Å². The zero-order valence-corrected chi connectivity index (χ0v) is 15.9. The summed E-state index contributed by atoms with van der Waals surface area (Å²) < 4.78 is 46.0. The highest BCUT2D eigenvalue weighted by molar-refractivity contribution is 5.96. The highest BCUT2D eigenvalue weighted by atomic mass is 19.4. The number of nitrogens with one attached hydrogen (secondary N) is 1.